The van der Waals surface area contributed by atoms with Crippen LogP contribution in [0.4, 0.5) is 0 Å². The molecular weight excluding hydrogens is 504 g/mol. The zero-order valence-electron chi connectivity index (χ0n) is 22.7. The fourth-order valence-electron chi connectivity index (χ4n) is 6.18. The molecule has 0 saturated carbocycles. The number of aliphatic hydroxyl groups is 1. The molecule has 1 spiro atoms. The molecule has 4 aliphatic heterocycles. The van der Waals surface area contributed by atoms with Gasteiger partial charge in [0.2, 0.25) is 6.79 Å². The van der Waals surface area contributed by atoms with Crippen LogP contribution < -0.4 is 9.47 Å². The maximum Gasteiger partial charge on any atom is 0.330 e. The highest BCUT2D eigenvalue weighted by atomic mass is 16.7. The average Bonchev–Trinajstić information content (AvgIpc) is 3.47. The highest BCUT2D eigenvalue weighted by Gasteiger charge is 2.53. The standard InChI is InChI=1S/C30H40O9/c1-20(31)36-23(9-7-5-3-2-4-6-8-21-10-11-25-27(14-21)35-19-34-25)16-24-15-22(32)17-30(38-24)18-28-26(39-30)12-13-29(33)37-28/h10-14,22-24,26,28,32H,2-9,15-19H2,1H3. The number of ether oxygens (including phenoxy) is 6. The first-order valence-corrected chi connectivity index (χ1v) is 14.4. The Kier molecular flexibility index (Phi) is 9.10. The molecule has 2 fully saturated rings. The maximum absolute atomic E-state index is 11.8. The van der Waals surface area contributed by atoms with Gasteiger partial charge in [-0.25, -0.2) is 4.79 Å². The Morgan fingerprint density at radius 2 is 1.87 bits per heavy atom. The molecule has 0 amide bonds. The molecule has 0 bridgehead atoms. The van der Waals surface area contributed by atoms with Gasteiger partial charge in [-0.05, 0) is 55.9 Å². The van der Waals surface area contributed by atoms with Crippen LogP contribution in [-0.2, 0) is 35.0 Å². The summed E-state index contributed by atoms with van der Waals surface area (Å²) >= 11 is 0. The molecule has 4 aliphatic rings. The van der Waals surface area contributed by atoms with Crippen molar-refractivity contribution in [1.82, 2.24) is 0 Å². The minimum atomic E-state index is -0.992. The third kappa shape index (κ3) is 7.52. The lowest BCUT2D eigenvalue weighted by atomic mass is 9.92. The SMILES string of the molecule is CC(=O)OC(CCCCCCCCc1ccc2c(c1)OCO2)CC1CC(O)CC2(CC3OC(=O)C=CC3O2)O1. The van der Waals surface area contributed by atoms with Crippen molar-refractivity contribution in [3.63, 3.8) is 0 Å². The predicted molar refractivity (Wildman–Crippen MR) is 140 cm³/mol. The van der Waals surface area contributed by atoms with Crippen molar-refractivity contribution < 1.29 is 43.1 Å². The normalized spacial score (nSPS) is 29.7. The number of aryl methyl sites for hydroxylation is 1. The van der Waals surface area contributed by atoms with E-state index in [0.29, 0.717) is 32.5 Å². The molecule has 39 heavy (non-hydrogen) atoms. The monoisotopic (exact) mass is 544 g/mol. The number of carbonyl (C=O) groups excluding carboxylic acids is 2. The molecule has 1 aromatic carbocycles. The van der Waals surface area contributed by atoms with Crippen LogP contribution in [0.1, 0.15) is 83.1 Å². The number of fused-ring (bicyclic) bond motifs is 2. The van der Waals surface area contributed by atoms with Crippen LogP contribution in [-0.4, -0.2) is 60.1 Å². The summed E-state index contributed by atoms with van der Waals surface area (Å²) in [5.41, 5.74) is 1.28. The van der Waals surface area contributed by atoms with E-state index in [2.05, 4.69) is 12.1 Å². The minimum Gasteiger partial charge on any atom is -0.462 e. The Morgan fingerprint density at radius 1 is 1.08 bits per heavy atom. The Bertz CT molecular complexity index is 1040. The van der Waals surface area contributed by atoms with Crippen molar-refractivity contribution in [2.45, 2.75) is 120 Å². The highest BCUT2D eigenvalue weighted by molar-refractivity contribution is 5.83. The summed E-state index contributed by atoms with van der Waals surface area (Å²) in [7, 11) is 0. The van der Waals surface area contributed by atoms with Gasteiger partial charge in [0.25, 0.3) is 0 Å². The molecule has 6 atom stereocenters. The molecule has 1 N–H and O–H groups in total. The van der Waals surface area contributed by atoms with Crippen LogP contribution in [0.15, 0.2) is 30.4 Å². The lowest BCUT2D eigenvalue weighted by Crippen LogP contribution is -2.47. The average molecular weight is 545 g/mol. The summed E-state index contributed by atoms with van der Waals surface area (Å²) in [6.07, 6.45) is 11.2. The molecule has 9 heteroatoms. The Balaban J connectivity index is 1.02. The number of aliphatic hydroxyl groups excluding tert-OH is 1. The van der Waals surface area contributed by atoms with E-state index in [4.69, 9.17) is 28.4 Å². The van der Waals surface area contributed by atoms with E-state index < -0.39 is 18.0 Å². The van der Waals surface area contributed by atoms with Crippen molar-refractivity contribution in [2.24, 2.45) is 0 Å². The largest absolute Gasteiger partial charge is 0.462 e. The lowest BCUT2D eigenvalue weighted by molar-refractivity contribution is -0.285. The van der Waals surface area contributed by atoms with E-state index >= 15 is 0 Å². The Labute approximate surface area is 229 Å². The lowest BCUT2D eigenvalue weighted by Gasteiger charge is -2.41. The van der Waals surface area contributed by atoms with Crippen molar-refractivity contribution in [3.8, 4) is 11.5 Å². The molecule has 6 unspecified atom stereocenters. The van der Waals surface area contributed by atoms with Crippen molar-refractivity contribution in [2.75, 3.05) is 6.79 Å². The summed E-state index contributed by atoms with van der Waals surface area (Å²) in [5.74, 6) is -0.0202. The number of carbonyl (C=O) groups is 2. The molecule has 4 heterocycles. The van der Waals surface area contributed by atoms with E-state index in [1.165, 1.54) is 31.4 Å². The molecule has 0 aliphatic carbocycles. The van der Waals surface area contributed by atoms with Crippen LogP contribution in [0.25, 0.3) is 0 Å². The second-order valence-corrected chi connectivity index (χ2v) is 11.2. The second kappa shape index (κ2) is 12.7. The molecule has 9 nitrogen and oxygen atoms in total. The van der Waals surface area contributed by atoms with E-state index in [1.54, 1.807) is 6.08 Å². The molecule has 1 aromatic rings. The van der Waals surface area contributed by atoms with Gasteiger partial charge in [0.1, 0.15) is 18.3 Å². The molecule has 2 saturated heterocycles. The van der Waals surface area contributed by atoms with Crippen LogP contribution >= 0.6 is 0 Å². The first kappa shape index (κ1) is 27.9. The Morgan fingerprint density at radius 3 is 2.72 bits per heavy atom. The number of hydrogen-bond acceptors (Lipinski definition) is 9. The van der Waals surface area contributed by atoms with Crippen LogP contribution in [0, 0.1) is 0 Å². The zero-order valence-corrected chi connectivity index (χ0v) is 22.7. The second-order valence-electron chi connectivity index (χ2n) is 11.2. The fraction of sp³-hybridized carbons (Fsp3) is 0.667. The van der Waals surface area contributed by atoms with Crippen LogP contribution in [0.5, 0.6) is 11.5 Å². The topological polar surface area (TPSA) is 110 Å². The van der Waals surface area contributed by atoms with E-state index in [-0.39, 0.29) is 30.3 Å². The van der Waals surface area contributed by atoms with Gasteiger partial charge in [0, 0.05) is 32.3 Å². The molecule has 0 radical (unpaired) electrons. The third-order valence-electron chi connectivity index (χ3n) is 7.92. The smallest absolute Gasteiger partial charge is 0.330 e. The van der Waals surface area contributed by atoms with Crippen LogP contribution in [0.2, 0.25) is 0 Å². The number of benzene rings is 1. The molecule has 0 aromatic heterocycles. The summed E-state index contributed by atoms with van der Waals surface area (Å²) < 4.78 is 34.3. The highest BCUT2D eigenvalue weighted by Crippen LogP contribution is 2.44. The molecule has 214 valence electrons. The van der Waals surface area contributed by atoms with Gasteiger partial charge in [-0.3, -0.25) is 4.79 Å². The summed E-state index contributed by atoms with van der Waals surface area (Å²) in [5, 5.41) is 10.6. The summed E-state index contributed by atoms with van der Waals surface area (Å²) in [6.45, 7) is 1.73. The number of rotatable bonds is 12. The van der Waals surface area contributed by atoms with E-state index in [1.807, 2.05) is 6.07 Å². The molecular formula is C30H40O9. The van der Waals surface area contributed by atoms with Crippen molar-refractivity contribution in [3.05, 3.63) is 35.9 Å². The minimum absolute atomic E-state index is 0.276. The van der Waals surface area contributed by atoms with Gasteiger partial charge in [0.15, 0.2) is 17.3 Å². The first-order chi connectivity index (χ1) is 18.9. The van der Waals surface area contributed by atoms with Gasteiger partial charge in [-0.2, -0.15) is 0 Å². The maximum atomic E-state index is 11.8. The van der Waals surface area contributed by atoms with Crippen LogP contribution in [0.3, 0.4) is 0 Å². The van der Waals surface area contributed by atoms with Crippen molar-refractivity contribution >= 4 is 11.9 Å². The van der Waals surface area contributed by atoms with Crippen molar-refractivity contribution in [1.29, 1.82) is 0 Å². The number of unbranched alkanes of at least 4 members (excludes halogenated alkanes) is 5. The predicted octanol–water partition coefficient (Wildman–Crippen LogP) is 4.52. The summed E-state index contributed by atoms with van der Waals surface area (Å²) in [6, 6.07) is 6.17. The van der Waals surface area contributed by atoms with E-state index in [0.717, 1.165) is 50.0 Å². The number of esters is 2. The van der Waals surface area contributed by atoms with Gasteiger partial charge in [-0.1, -0.05) is 31.7 Å². The van der Waals surface area contributed by atoms with Gasteiger partial charge < -0.3 is 33.5 Å². The molecule has 5 rings (SSSR count). The van der Waals surface area contributed by atoms with Gasteiger partial charge >= 0.3 is 11.9 Å². The van der Waals surface area contributed by atoms with E-state index in [9.17, 15) is 14.7 Å². The zero-order chi connectivity index (χ0) is 27.2. The van der Waals surface area contributed by atoms with Gasteiger partial charge in [0.05, 0.1) is 12.2 Å². The summed E-state index contributed by atoms with van der Waals surface area (Å²) in [4.78, 5) is 23.4. The quantitative estimate of drug-likeness (QED) is 0.300. The number of hydrogen-bond donors (Lipinski definition) is 1. The van der Waals surface area contributed by atoms with Gasteiger partial charge in [-0.15, -0.1) is 0 Å². The first-order valence-electron chi connectivity index (χ1n) is 14.4. The fourth-order valence-corrected chi connectivity index (χ4v) is 6.18. The third-order valence-corrected chi connectivity index (χ3v) is 7.92. The Hall–Kier alpha value is -2.62.